The Morgan fingerprint density at radius 2 is 1.83 bits per heavy atom. The molecule has 0 atom stereocenters. The van der Waals surface area contributed by atoms with Gasteiger partial charge in [-0.2, -0.15) is 4.98 Å². The molecule has 0 radical (unpaired) electrons. The number of pyridine rings is 1. The Bertz CT molecular complexity index is 1160. The number of nitrogens with one attached hydrogen (secondary N) is 1. The second-order valence-electron chi connectivity index (χ2n) is 6.45. The quantitative estimate of drug-likeness (QED) is 0.484. The molecule has 3 N–H and O–H groups in total. The van der Waals surface area contributed by atoms with Crippen LogP contribution in [0.2, 0.25) is 5.02 Å². The lowest BCUT2D eigenvalue weighted by atomic mass is 10.0. The van der Waals surface area contributed by atoms with Crippen LogP contribution >= 0.6 is 11.6 Å². The van der Waals surface area contributed by atoms with Crippen molar-refractivity contribution >= 4 is 23.4 Å². The van der Waals surface area contributed by atoms with Gasteiger partial charge in [0.15, 0.2) is 0 Å². The van der Waals surface area contributed by atoms with Crippen molar-refractivity contribution in [2.75, 3.05) is 17.6 Å². The molecule has 4 aromatic rings. The second-order valence-corrected chi connectivity index (χ2v) is 6.86. The van der Waals surface area contributed by atoms with Gasteiger partial charge in [0.05, 0.1) is 16.3 Å². The zero-order chi connectivity index (χ0) is 20.9. The number of anilines is 2. The van der Waals surface area contributed by atoms with E-state index in [0.29, 0.717) is 34.7 Å². The fourth-order valence-corrected chi connectivity index (χ4v) is 3.21. The van der Waals surface area contributed by atoms with Crippen LogP contribution in [0.3, 0.4) is 0 Å². The van der Waals surface area contributed by atoms with Gasteiger partial charge in [0, 0.05) is 42.5 Å². The lowest BCUT2D eigenvalue weighted by molar-refractivity contribution is 0.628. The van der Waals surface area contributed by atoms with E-state index in [-0.39, 0.29) is 11.0 Å². The third kappa shape index (κ3) is 4.33. The number of nitrogens with zero attached hydrogens (tertiary/aromatic N) is 5. The highest BCUT2D eigenvalue weighted by Crippen LogP contribution is 2.36. The van der Waals surface area contributed by atoms with Crippen LogP contribution in [0.1, 0.15) is 5.56 Å². The van der Waals surface area contributed by atoms with Gasteiger partial charge in [-0.05, 0) is 36.2 Å². The summed E-state index contributed by atoms with van der Waals surface area (Å²) in [6.45, 7) is 0.590. The van der Waals surface area contributed by atoms with Crippen molar-refractivity contribution in [2.45, 2.75) is 6.42 Å². The highest BCUT2D eigenvalue weighted by molar-refractivity contribution is 6.31. The topological polar surface area (TPSA) is 102 Å². The summed E-state index contributed by atoms with van der Waals surface area (Å²) in [6, 6.07) is 8.28. The van der Waals surface area contributed by atoms with Crippen molar-refractivity contribution in [1.29, 1.82) is 0 Å². The van der Waals surface area contributed by atoms with Gasteiger partial charge in [0.25, 0.3) is 0 Å². The van der Waals surface area contributed by atoms with Crippen molar-refractivity contribution in [1.82, 2.24) is 24.9 Å². The molecule has 0 spiro atoms. The minimum absolute atomic E-state index is 0.00830. The molecule has 30 heavy (non-hydrogen) atoms. The molecule has 7 nitrogen and oxygen atoms in total. The summed E-state index contributed by atoms with van der Waals surface area (Å²) < 4.78 is 13.7. The summed E-state index contributed by atoms with van der Waals surface area (Å²) in [4.78, 5) is 21.1. The van der Waals surface area contributed by atoms with Crippen molar-refractivity contribution in [3.8, 4) is 22.4 Å². The van der Waals surface area contributed by atoms with Crippen LogP contribution in [0.4, 0.5) is 16.2 Å². The molecule has 3 heterocycles. The minimum atomic E-state index is -0.512. The first-order valence-electron chi connectivity index (χ1n) is 9.13. The van der Waals surface area contributed by atoms with E-state index in [2.05, 4.69) is 30.2 Å². The average Bonchev–Trinajstić information content (AvgIpc) is 2.76. The maximum Gasteiger partial charge on any atom is 0.222 e. The predicted molar refractivity (Wildman–Crippen MR) is 114 cm³/mol. The normalized spacial score (nSPS) is 10.7. The largest absolute Gasteiger partial charge is 0.369 e. The summed E-state index contributed by atoms with van der Waals surface area (Å²) in [7, 11) is 0. The van der Waals surface area contributed by atoms with E-state index in [4.69, 9.17) is 17.3 Å². The lowest BCUT2D eigenvalue weighted by Crippen LogP contribution is -2.11. The first-order valence-corrected chi connectivity index (χ1v) is 9.50. The molecule has 1 aromatic carbocycles. The molecular formula is C21H17ClFN7. The number of rotatable bonds is 6. The average molecular weight is 422 g/mol. The van der Waals surface area contributed by atoms with Crippen LogP contribution in [0.5, 0.6) is 0 Å². The standard InChI is InChI=1S/C21H17ClFN7/c22-16-8-14(3-4-17(16)23)19-18(15-10-26-12-27-11-15)20(30-21(24)29-19)28-7-5-13-2-1-6-25-9-13/h1-4,6,8-12H,5,7H2,(H3,24,28,29,30). The molecule has 0 bridgehead atoms. The third-order valence-electron chi connectivity index (χ3n) is 4.40. The Balaban J connectivity index is 1.76. The zero-order valence-electron chi connectivity index (χ0n) is 15.8. The number of nitrogens with two attached hydrogens (primary N) is 1. The Hall–Kier alpha value is -3.65. The highest BCUT2D eigenvalue weighted by atomic mass is 35.5. The minimum Gasteiger partial charge on any atom is -0.369 e. The Labute approximate surface area is 177 Å². The number of hydrogen-bond donors (Lipinski definition) is 2. The van der Waals surface area contributed by atoms with Gasteiger partial charge in [-0.3, -0.25) is 4.98 Å². The maximum absolute atomic E-state index is 13.7. The van der Waals surface area contributed by atoms with E-state index >= 15 is 0 Å². The number of hydrogen-bond acceptors (Lipinski definition) is 7. The maximum atomic E-state index is 13.7. The van der Waals surface area contributed by atoms with E-state index in [9.17, 15) is 4.39 Å². The number of aromatic nitrogens is 5. The first-order chi connectivity index (χ1) is 14.6. The lowest BCUT2D eigenvalue weighted by Gasteiger charge is -2.16. The SMILES string of the molecule is Nc1nc(NCCc2cccnc2)c(-c2cncnc2)c(-c2ccc(F)c(Cl)c2)n1. The molecule has 0 aliphatic heterocycles. The summed E-state index contributed by atoms with van der Waals surface area (Å²) in [5, 5.41) is 3.31. The third-order valence-corrected chi connectivity index (χ3v) is 4.69. The Kier molecular flexibility index (Phi) is 5.76. The fraction of sp³-hybridized carbons (Fsp3) is 0.0952. The summed E-state index contributed by atoms with van der Waals surface area (Å²) in [5.41, 5.74) is 9.52. The molecule has 0 aliphatic carbocycles. The molecule has 3 aromatic heterocycles. The molecule has 0 saturated carbocycles. The van der Waals surface area contributed by atoms with E-state index in [1.54, 1.807) is 24.7 Å². The van der Waals surface area contributed by atoms with Gasteiger partial charge in [0.1, 0.15) is 18.0 Å². The van der Waals surface area contributed by atoms with Crippen LogP contribution in [0.15, 0.2) is 61.4 Å². The van der Waals surface area contributed by atoms with Crippen molar-refractivity contribution < 1.29 is 4.39 Å². The van der Waals surface area contributed by atoms with E-state index in [1.165, 1.54) is 18.5 Å². The first kappa shape index (κ1) is 19.7. The molecule has 0 amide bonds. The van der Waals surface area contributed by atoms with Gasteiger partial charge in [-0.25, -0.2) is 19.3 Å². The van der Waals surface area contributed by atoms with Gasteiger partial charge in [-0.15, -0.1) is 0 Å². The van der Waals surface area contributed by atoms with Crippen molar-refractivity contribution in [3.05, 3.63) is 77.8 Å². The Morgan fingerprint density at radius 3 is 2.57 bits per heavy atom. The monoisotopic (exact) mass is 421 g/mol. The van der Waals surface area contributed by atoms with Crippen LogP contribution in [0.25, 0.3) is 22.4 Å². The molecule has 0 unspecified atom stereocenters. The zero-order valence-corrected chi connectivity index (χ0v) is 16.5. The smallest absolute Gasteiger partial charge is 0.222 e. The number of halogens is 2. The molecule has 9 heteroatoms. The van der Waals surface area contributed by atoms with Crippen molar-refractivity contribution in [2.24, 2.45) is 0 Å². The molecular weight excluding hydrogens is 405 g/mol. The molecule has 0 fully saturated rings. The van der Waals surface area contributed by atoms with E-state index in [1.807, 2.05) is 18.3 Å². The van der Waals surface area contributed by atoms with Gasteiger partial charge < -0.3 is 11.1 Å². The van der Waals surface area contributed by atoms with Gasteiger partial charge >= 0.3 is 0 Å². The van der Waals surface area contributed by atoms with Gasteiger partial charge in [-0.1, -0.05) is 17.7 Å². The van der Waals surface area contributed by atoms with Crippen LogP contribution in [0, 0.1) is 5.82 Å². The second kappa shape index (κ2) is 8.79. The number of nitrogen functional groups attached to an aromatic ring is 1. The highest BCUT2D eigenvalue weighted by Gasteiger charge is 2.18. The fourth-order valence-electron chi connectivity index (χ4n) is 3.03. The molecule has 0 saturated heterocycles. The van der Waals surface area contributed by atoms with Crippen LogP contribution in [-0.2, 0) is 6.42 Å². The number of benzene rings is 1. The van der Waals surface area contributed by atoms with Crippen molar-refractivity contribution in [3.63, 3.8) is 0 Å². The Morgan fingerprint density at radius 1 is 1.00 bits per heavy atom. The molecule has 150 valence electrons. The van der Waals surface area contributed by atoms with Gasteiger partial charge in [0.2, 0.25) is 5.95 Å². The summed E-state index contributed by atoms with van der Waals surface area (Å²) in [6.07, 6.45) is 9.03. The summed E-state index contributed by atoms with van der Waals surface area (Å²) >= 11 is 6.00. The summed E-state index contributed by atoms with van der Waals surface area (Å²) in [5.74, 6) is 0.0911. The van der Waals surface area contributed by atoms with Crippen LogP contribution < -0.4 is 11.1 Å². The van der Waals surface area contributed by atoms with E-state index in [0.717, 1.165) is 12.0 Å². The van der Waals surface area contributed by atoms with Crippen LogP contribution in [-0.4, -0.2) is 31.5 Å². The molecule has 4 rings (SSSR count). The predicted octanol–water partition coefficient (Wildman–Crippen LogP) is 4.02. The van der Waals surface area contributed by atoms with E-state index < -0.39 is 5.82 Å². The molecule has 0 aliphatic rings.